The fraction of sp³-hybridized carbons (Fsp3) is 0.190. The molecule has 0 unspecified atom stereocenters. The molecule has 144 valence electrons. The highest BCUT2D eigenvalue weighted by Crippen LogP contribution is 2.11. The Morgan fingerprint density at radius 2 is 1.21 bits per heavy atom. The van der Waals surface area contributed by atoms with Crippen LogP contribution >= 0.6 is 0 Å². The number of nitrogens with zero attached hydrogens (tertiary/aromatic N) is 2. The Labute approximate surface area is 162 Å². The van der Waals surface area contributed by atoms with E-state index in [2.05, 4.69) is 10.3 Å². The van der Waals surface area contributed by atoms with Crippen molar-refractivity contribution in [1.29, 1.82) is 0 Å². The van der Waals surface area contributed by atoms with Gasteiger partial charge in [0.25, 0.3) is 0 Å². The van der Waals surface area contributed by atoms with E-state index in [1.165, 1.54) is 13.8 Å². The fourth-order valence-corrected chi connectivity index (χ4v) is 2.30. The quantitative estimate of drug-likeness (QED) is 0.302. The first-order valence-electron chi connectivity index (χ1n) is 8.57. The van der Waals surface area contributed by atoms with Crippen LogP contribution in [0.15, 0.2) is 71.0 Å². The van der Waals surface area contributed by atoms with Crippen molar-refractivity contribution in [3.8, 4) is 0 Å². The summed E-state index contributed by atoms with van der Waals surface area (Å²) in [5.74, 6) is -1.37. The summed E-state index contributed by atoms with van der Waals surface area (Å²) in [6.07, 6.45) is -0.0215. The summed E-state index contributed by atoms with van der Waals surface area (Å²) in [5, 5.41) is 7.68. The van der Waals surface area contributed by atoms with E-state index >= 15 is 0 Å². The minimum Gasteiger partial charge on any atom is -0.319 e. The molecule has 2 aromatic carbocycles. The van der Waals surface area contributed by atoms with E-state index in [4.69, 9.17) is 9.68 Å². The fourth-order valence-electron chi connectivity index (χ4n) is 2.30. The van der Waals surface area contributed by atoms with Crippen molar-refractivity contribution in [2.45, 2.75) is 26.7 Å². The van der Waals surface area contributed by atoms with E-state index in [1.807, 2.05) is 12.1 Å². The van der Waals surface area contributed by atoms with Crippen LogP contribution in [0.5, 0.6) is 0 Å². The average molecular weight is 380 g/mol. The first-order chi connectivity index (χ1) is 13.5. The van der Waals surface area contributed by atoms with Crippen LogP contribution in [0.1, 0.15) is 42.6 Å². The van der Waals surface area contributed by atoms with Crippen LogP contribution < -0.4 is 0 Å². The predicted octanol–water partition coefficient (Wildman–Crippen LogP) is 3.54. The van der Waals surface area contributed by atoms with E-state index in [9.17, 15) is 14.4 Å². The normalized spacial score (nSPS) is 11.6. The van der Waals surface area contributed by atoms with Crippen molar-refractivity contribution >= 4 is 29.1 Å². The monoisotopic (exact) mass is 380 g/mol. The van der Waals surface area contributed by atoms with Crippen LogP contribution in [0.3, 0.4) is 0 Å². The zero-order valence-electron chi connectivity index (χ0n) is 15.6. The Bertz CT molecular complexity index is 890. The molecule has 0 N–H and O–H groups in total. The highest BCUT2D eigenvalue weighted by Gasteiger charge is 2.16. The van der Waals surface area contributed by atoms with Crippen LogP contribution in [0.25, 0.3) is 0 Å². The van der Waals surface area contributed by atoms with Crippen molar-refractivity contribution in [1.82, 2.24) is 0 Å². The third-order valence-corrected chi connectivity index (χ3v) is 3.53. The lowest BCUT2D eigenvalue weighted by Gasteiger charge is -2.09. The van der Waals surface area contributed by atoms with Crippen molar-refractivity contribution in [3.63, 3.8) is 0 Å². The molecule has 0 saturated carbocycles. The van der Waals surface area contributed by atoms with Crippen LogP contribution in [0.4, 0.5) is 0 Å². The van der Waals surface area contributed by atoms with Gasteiger partial charge in [-0.25, -0.2) is 9.59 Å². The van der Waals surface area contributed by atoms with Crippen LogP contribution in [0.2, 0.25) is 0 Å². The minimum atomic E-state index is -0.608. The number of benzene rings is 2. The summed E-state index contributed by atoms with van der Waals surface area (Å²) in [4.78, 5) is 44.4. The highest BCUT2D eigenvalue weighted by molar-refractivity contribution is 6.18. The van der Waals surface area contributed by atoms with Gasteiger partial charge in [-0.1, -0.05) is 71.0 Å². The maximum atomic E-state index is 12.5. The van der Waals surface area contributed by atoms with Gasteiger partial charge >= 0.3 is 11.9 Å². The van der Waals surface area contributed by atoms with Crippen molar-refractivity contribution in [2.24, 2.45) is 10.3 Å². The van der Waals surface area contributed by atoms with Crippen LogP contribution in [-0.4, -0.2) is 29.1 Å². The zero-order valence-corrected chi connectivity index (χ0v) is 15.6. The standard InChI is InChI=1S/C21H20N2O5/c1-15(24)27-22-19(14-21(26)18-11-7-4-8-12-18)13-20(23-28-16(2)25)17-9-5-3-6-10-17/h3-12H,13-14H2,1-2H3/b22-19-,23-20+. The lowest BCUT2D eigenvalue weighted by molar-refractivity contribution is -0.141. The number of carbonyl (C=O) groups excluding carboxylic acids is 3. The smallest absolute Gasteiger partial charge is 0.319 e. The third kappa shape index (κ3) is 6.95. The molecule has 0 amide bonds. The van der Waals surface area contributed by atoms with Crippen molar-refractivity contribution in [2.75, 3.05) is 0 Å². The first-order valence-corrected chi connectivity index (χ1v) is 8.57. The van der Waals surface area contributed by atoms with E-state index in [-0.39, 0.29) is 24.3 Å². The van der Waals surface area contributed by atoms with Gasteiger partial charge in [-0.2, -0.15) is 0 Å². The summed E-state index contributed by atoms with van der Waals surface area (Å²) in [6, 6.07) is 17.7. The summed E-state index contributed by atoms with van der Waals surface area (Å²) >= 11 is 0. The number of ketones is 1. The molecule has 2 rings (SSSR count). The van der Waals surface area contributed by atoms with Crippen molar-refractivity contribution < 1.29 is 24.1 Å². The first kappa shape index (κ1) is 20.7. The average Bonchev–Trinajstić information content (AvgIpc) is 2.70. The SMILES string of the molecule is CC(=O)O/N=C(\CC(=O)c1ccccc1)C/C(=N\OC(C)=O)c1ccccc1. The molecule has 0 spiro atoms. The highest BCUT2D eigenvalue weighted by atomic mass is 16.7. The third-order valence-electron chi connectivity index (χ3n) is 3.53. The molecule has 0 bridgehead atoms. The molecule has 7 heteroatoms. The maximum absolute atomic E-state index is 12.5. The summed E-state index contributed by atoms with van der Waals surface area (Å²) in [5.41, 5.74) is 1.85. The zero-order chi connectivity index (χ0) is 20.4. The van der Waals surface area contributed by atoms with Gasteiger partial charge in [0, 0.05) is 25.8 Å². The molecule has 0 aromatic heterocycles. The second-order valence-electron chi connectivity index (χ2n) is 5.87. The van der Waals surface area contributed by atoms with E-state index in [1.54, 1.807) is 48.5 Å². The molecule has 0 fully saturated rings. The Hall–Kier alpha value is -3.61. The van der Waals surface area contributed by atoms with E-state index in [0.717, 1.165) is 0 Å². The van der Waals surface area contributed by atoms with E-state index in [0.29, 0.717) is 16.8 Å². The van der Waals surface area contributed by atoms with Gasteiger partial charge in [0.15, 0.2) is 5.78 Å². The molecule has 2 aromatic rings. The summed E-state index contributed by atoms with van der Waals surface area (Å²) < 4.78 is 0. The van der Waals surface area contributed by atoms with Gasteiger partial charge in [-0.3, -0.25) is 4.79 Å². The number of hydrogen-bond donors (Lipinski definition) is 0. The largest absolute Gasteiger partial charge is 0.331 e. The second kappa shape index (κ2) is 10.5. The van der Waals surface area contributed by atoms with Gasteiger partial charge in [0.05, 0.1) is 17.8 Å². The van der Waals surface area contributed by atoms with Crippen molar-refractivity contribution in [3.05, 3.63) is 71.8 Å². The molecule has 0 aliphatic rings. The van der Waals surface area contributed by atoms with E-state index < -0.39 is 11.9 Å². The van der Waals surface area contributed by atoms with Gasteiger partial charge < -0.3 is 9.68 Å². The van der Waals surface area contributed by atoms with Crippen LogP contribution in [-0.2, 0) is 19.3 Å². The lowest BCUT2D eigenvalue weighted by Crippen LogP contribution is -2.16. The molecular formula is C21H20N2O5. The number of carbonyl (C=O) groups is 3. The minimum absolute atomic E-state index is 0.0587. The second-order valence-corrected chi connectivity index (χ2v) is 5.87. The molecule has 0 radical (unpaired) electrons. The van der Waals surface area contributed by atoms with Gasteiger partial charge in [-0.05, 0) is 5.56 Å². The Morgan fingerprint density at radius 1 is 0.714 bits per heavy atom. The molecule has 28 heavy (non-hydrogen) atoms. The molecule has 0 aliphatic heterocycles. The number of hydrogen-bond acceptors (Lipinski definition) is 7. The molecule has 7 nitrogen and oxygen atoms in total. The molecular weight excluding hydrogens is 360 g/mol. The maximum Gasteiger partial charge on any atom is 0.331 e. The molecule has 0 heterocycles. The summed E-state index contributed by atoms with van der Waals surface area (Å²) in [7, 11) is 0. The topological polar surface area (TPSA) is 94.4 Å². The molecule has 0 aliphatic carbocycles. The number of Topliss-reactive ketones (excluding diaryl/α,β-unsaturated/α-hetero) is 1. The predicted molar refractivity (Wildman–Crippen MR) is 104 cm³/mol. The number of oxime groups is 2. The Morgan fingerprint density at radius 3 is 1.75 bits per heavy atom. The van der Waals surface area contributed by atoms with Gasteiger partial charge in [0.2, 0.25) is 0 Å². The molecule has 0 atom stereocenters. The van der Waals surface area contributed by atoms with Gasteiger partial charge in [0.1, 0.15) is 0 Å². The Balaban J connectivity index is 2.28. The van der Waals surface area contributed by atoms with Crippen LogP contribution in [0, 0.1) is 0 Å². The number of rotatable bonds is 8. The van der Waals surface area contributed by atoms with Gasteiger partial charge in [-0.15, -0.1) is 0 Å². The summed E-state index contributed by atoms with van der Waals surface area (Å²) in [6.45, 7) is 2.45. The lowest BCUT2D eigenvalue weighted by atomic mass is 9.99. The molecule has 0 saturated heterocycles. The Kier molecular flexibility index (Phi) is 7.77.